The van der Waals surface area contributed by atoms with Crippen molar-refractivity contribution in [3.8, 4) is 0 Å². The van der Waals surface area contributed by atoms with Gasteiger partial charge < -0.3 is 5.32 Å². The zero-order valence-corrected chi connectivity index (χ0v) is 16.3. The highest BCUT2D eigenvalue weighted by Crippen LogP contribution is 2.25. The number of hydrogen-bond donors (Lipinski definition) is 1. The molecule has 8 heteroatoms. The van der Waals surface area contributed by atoms with E-state index in [0.29, 0.717) is 25.5 Å². The van der Waals surface area contributed by atoms with Crippen molar-refractivity contribution in [2.75, 3.05) is 13.1 Å². The molecule has 0 unspecified atom stereocenters. The number of nitrogens with one attached hydrogen (secondary N) is 1. The average Bonchev–Trinajstić information content (AvgIpc) is 2.69. The molecular formula is C20H22F2N2O3S. The van der Waals surface area contributed by atoms with Crippen LogP contribution >= 0.6 is 0 Å². The maximum Gasteiger partial charge on any atom is 0.243 e. The first kappa shape index (κ1) is 20.4. The minimum atomic E-state index is -3.92. The molecule has 0 aromatic heterocycles. The second-order valence-corrected chi connectivity index (χ2v) is 8.84. The van der Waals surface area contributed by atoms with Gasteiger partial charge in [-0.1, -0.05) is 24.3 Å². The predicted octanol–water partition coefficient (Wildman–Crippen LogP) is 2.99. The summed E-state index contributed by atoms with van der Waals surface area (Å²) in [4.78, 5) is 12.1. The lowest BCUT2D eigenvalue weighted by molar-refractivity contribution is -0.126. The Kier molecular flexibility index (Phi) is 6.10. The van der Waals surface area contributed by atoms with Crippen LogP contribution in [0.4, 0.5) is 8.78 Å². The largest absolute Gasteiger partial charge is 0.352 e. The quantitative estimate of drug-likeness (QED) is 0.827. The Morgan fingerprint density at radius 1 is 1.11 bits per heavy atom. The third-order valence-electron chi connectivity index (χ3n) is 5.07. The van der Waals surface area contributed by atoms with Gasteiger partial charge in [0.2, 0.25) is 15.9 Å². The number of carbonyl (C=O) groups excluding carboxylic acids is 1. The number of benzene rings is 2. The molecule has 0 atom stereocenters. The van der Waals surface area contributed by atoms with E-state index >= 15 is 0 Å². The molecule has 0 bridgehead atoms. The second kappa shape index (κ2) is 8.36. The second-order valence-electron chi connectivity index (χ2n) is 6.90. The smallest absolute Gasteiger partial charge is 0.243 e. The zero-order valence-electron chi connectivity index (χ0n) is 15.5. The van der Waals surface area contributed by atoms with E-state index < -0.39 is 21.7 Å². The fourth-order valence-corrected chi connectivity index (χ4v) is 4.76. The summed E-state index contributed by atoms with van der Waals surface area (Å²) in [7, 11) is -3.92. The molecule has 3 rings (SSSR count). The molecule has 1 saturated heterocycles. The van der Waals surface area contributed by atoms with Crippen LogP contribution in [0.25, 0.3) is 0 Å². The molecule has 1 N–H and O–H groups in total. The monoisotopic (exact) mass is 408 g/mol. The number of aryl methyl sites for hydroxylation is 1. The van der Waals surface area contributed by atoms with Gasteiger partial charge in [0.25, 0.3) is 0 Å². The molecule has 1 amide bonds. The van der Waals surface area contributed by atoms with Crippen molar-refractivity contribution in [3.63, 3.8) is 0 Å². The van der Waals surface area contributed by atoms with E-state index in [2.05, 4.69) is 5.32 Å². The summed E-state index contributed by atoms with van der Waals surface area (Å²) in [6.07, 6.45) is 0.755. The van der Waals surface area contributed by atoms with Gasteiger partial charge in [-0.2, -0.15) is 4.31 Å². The Bertz CT molecular complexity index is 971. The fraction of sp³-hybridized carbons (Fsp3) is 0.350. The molecule has 0 saturated carbocycles. The fourth-order valence-electron chi connectivity index (χ4n) is 3.28. The van der Waals surface area contributed by atoms with Crippen LogP contribution in [0, 0.1) is 24.5 Å². The highest BCUT2D eigenvalue weighted by atomic mass is 32.2. The molecule has 0 spiro atoms. The van der Waals surface area contributed by atoms with Crippen molar-refractivity contribution in [2.45, 2.75) is 31.2 Å². The van der Waals surface area contributed by atoms with E-state index in [1.54, 1.807) is 0 Å². The van der Waals surface area contributed by atoms with Crippen molar-refractivity contribution < 1.29 is 22.0 Å². The van der Waals surface area contributed by atoms with Gasteiger partial charge in [-0.15, -0.1) is 0 Å². The lowest BCUT2D eigenvalue weighted by atomic mass is 9.97. The standard InChI is InChI=1S/C20H22F2N2O3S/c1-14-4-2-3-5-16(14)13-23-20(25)15-8-10-24(11-9-15)28(26,27)17-6-7-18(21)19(22)12-17/h2-7,12,15H,8-11,13H2,1H3,(H,23,25). The Labute approximate surface area is 163 Å². The maximum atomic E-state index is 13.4. The number of piperidine rings is 1. The number of hydrogen-bond acceptors (Lipinski definition) is 3. The molecule has 1 aliphatic rings. The van der Waals surface area contributed by atoms with Crippen molar-refractivity contribution >= 4 is 15.9 Å². The molecule has 2 aromatic rings. The number of carbonyl (C=O) groups is 1. The van der Waals surface area contributed by atoms with Crippen LogP contribution < -0.4 is 5.32 Å². The van der Waals surface area contributed by atoms with Crippen LogP contribution in [-0.2, 0) is 21.4 Å². The predicted molar refractivity (Wildman–Crippen MR) is 101 cm³/mol. The molecule has 0 aliphatic carbocycles. The summed E-state index contributed by atoms with van der Waals surface area (Å²) < 4.78 is 52.9. The van der Waals surface area contributed by atoms with Crippen molar-refractivity contribution in [1.82, 2.24) is 9.62 Å². The minimum absolute atomic E-state index is 0.104. The molecule has 0 radical (unpaired) electrons. The van der Waals surface area contributed by atoms with Crippen LogP contribution in [0.3, 0.4) is 0 Å². The van der Waals surface area contributed by atoms with Crippen LogP contribution in [0.1, 0.15) is 24.0 Å². The van der Waals surface area contributed by atoms with E-state index in [-0.39, 0.29) is 29.8 Å². The first-order chi connectivity index (χ1) is 13.3. The number of nitrogens with zero attached hydrogens (tertiary/aromatic N) is 1. The third kappa shape index (κ3) is 4.39. The van der Waals surface area contributed by atoms with E-state index in [1.807, 2.05) is 31.2 Å². The first-order valence-corrected chi connectivity index (χ1v) is 10.5. The van der Waals surface area contributed by atoms with Gasteiger partial charge >= 0.3 is 0 Å². The lowest BCUT2D eigenvalue weighted by Gasteiger charge is -2.30. The van der Waals surface area contributed by atoms with Gasteiger partial charge in [-0.05, 0) is 49.1 Å². The number of rotatable bonds is 5. The summed E-state index contributed by atoms with van der Waals surface area (Å²) >= 11 is 0. The van der Waals surface area contributed by atoms with Gasteiger partial charge in [0.1, 0.15) is 0 Å². The van der Waals surface area contributed by atoms with Crippen molar-refractivity contribution in [3.05, 3.63) is 65.2 Å². The highest BCUT2D eigenvalue weighted by molar-refractivity contribution is 7.89. The molecular weight excluding hydrogens is 386 g/mol. The molecule has 150 valence electrons. The Hall–Kier alpha value is -2.32. The summed E-state index contributed by atoms with van der Waals surface area (Å²) in [5, 5.41) is 2.91. The number of amides is 1. The third-order valence-corrected chi connectivity index (χ3v) is 6.96. The minimum Gasteiger partial charge on any atom is -0.352 e. The van der Waals surface area contributed by atoms with Gasteiger partial charge in [0.15, 0.2) is 11.6 Å². The Balaban J connectivity index is 1.58. The SMILES string of the molecule is Cc1ccccc1CNC(=O)C1CCN(S(=O)(=O)c2ccc(F)c(F)c2)CC1. The Morgan fingerprint density at radius 3 is 2.43 bits per heavy atom. The molecule has 5 nitrogen and oxygen atoms in total. The molecule has 1 aliphatic heterocycles. The van der Waals surface area contributed by atoms with Crippen LogP contribution in [0.5, 0.6) is 0 Å². The van der Waals surface area contributed by atoms with E-state index in [0.717, 1.165) is 23.3 Å². The van der Waals surface area contributed by atoms with Crippen molar-refractivity contribution in [2.24, 2.45) is 5.92 Å². The summed E-state index contributed by atoms with van der Waals surface area (Å²) in [5.41, 5.74) is 2.13. The summed E-state index contributed by atoms with van der Waals surface area (Å²) in [6, 6.07) is 10.3. The van der Waals surface area contributed by atoms with Gasteiger partial charge in [-0.25, -0.2) is 17.2 Å². The van der Waals surface area contributed by atoms with Crippen molar-refractivity contribution in [1.29, 1.82) is 0 Å². The normalized spacial score (nSPS) is 16.1. The van der Waals surface area contributed by atoms with Gasteiger partial charge in [0, 0.05) is 25.6 Å². The topological polar surface area (TPSA) is 66.5 Å². The van der Waals surface area contributed by atoms with Crippen LogP contribution in [-0.4, -0.2) is 31.7 Å². The first-order valence-electron chi connectivity index (χ1n) is 9.06. The average molecular weight is 408 g/mol. The lowest BCUT2D eigenvalue weighted by Crippen LogP contribution is -2.42. The van der Waals surface area contributed by atoms with Crippen LogP contribution in [0.2, 0.25) is 0 Å². The molecule has 2 aromatic carbocycles. The van der Waals surface area contributed by atoms with Crippen LogP contribution in [0.15, 0.2) is 47.4 Å². The van der Waals surface area contributed by atoms with E-state index in [1.165, 1.54) is 4.31 Å². The van der Waals surface area contributed by atoms with E-state index in [9.17, 15) is 22.0 Å². The zero-order chi connectivity index (χ0) is 20.3. The van der Waals surface area contributed by atoms with E-state index in [4.69, 9.17) is 0 Å². The summed E-state index contributed by atoms with van der Waals surface area (Å²) in [6.45, 7) is 2.72. The summed E-state index contributed by atoms with van der Waals surface area (Å²) in [5.74, 6) is -2.68. The van der Waals surface area contributed by atoms with Gasteiger partial charge in [0.05, 0.1) is 4.90 Å². The molecule has 28 heavy (non-hydrogen) atoms. The maximum absolute atomic E-state index is 13.4. The van der Waals surface area contributed by atoms with Gasteiger partial charge in [-0.3, -0.25) is 4.79 Å². The molecule has 1 fully saturated rings. The highest BCUT2D eigenvalue weighted by Gasteiger charge is 2.32. The number of sulfonamides is 1. The molecule has 1 heterocycles. The Morgan fingerprint density at radius 2 is 1.79 bits per heavy atom. The number of halogens is 2.